The van der Waals surface area contributed by atoms with E-state index < -0.39 is 11.6 Å². The first-order chi connectivity index (χ1) is 15.9. The van der Waals surface area contributed by atoms with E-state index in [0.29, 0.717) is 38.7 Å². The molecule has 0 saturated heterocycles. The molecule has 0 saturated carbocycles. The van der Waals surface area contributed by atoms with Crippen LogP contribution in [0.3, 0.4) is 0 Å². The first kappa shape index (κ1) is 26.3. The van der Waals surface area contributed by atoms with Crippen molar-refractivity contribution in [2.75, 3.05) is 7.05 Å². The fourth-order valence-corrected chi connectivity index (χ4v) is 4.17. The maximum Gasteiger partial charge on any atom is 0.338 e. The second-order valence-corrected chi connectivity index (χ2v) is 10.9. The molecule has 34 heavy (non-hydrogen) atoms. The van der Waals surface area contributed by atoms with Crippen molar-refractivity contribution in [3.63, 3.8) is 0 Å². The number of ether oxygens (including phenoxy) is 2. The van der Waals surface area contributed by atoms with Crippen LogP contribution in [0.15, 0.2) is 69.6 Å². The summed E-state index contributed by atoms with van der Waals surface area (Å²) in [7, 11) is 1.71. The predicted octanol–water partition coefficient (Wildman–Crippen LogP) is 7.88. The summed E-state index contributed by atoms with van der Waals surface area (Å²) in [4.78, 5) is 27.1. The van der Waals surface area contributed by atoms with Crippen LogP contribution in [0.2, 0.25) is 5.02 Å². The summed E-state index contributed by atoms with van der Waals surface area (Å²) in [5.41, 5.74) is 1.02. The molecule has 0 N–H and O–H groups in total. The van der Waals surface area contributed by atoms with Crippen LogP contribution in [0, 0.1) is 0 Å². The number of hydrogen-bond donors (Lipinski definition) is 0. The van der Waals surface area contributed by atoms with Gasteiger partial charge in [-0.3, -0.25) is 4.79 Å². The molecular weight excluding hydrogens is 586 g/mol. The summed E-state index contributed by atoms with van der Waals surface area (Å²) in [5.74, 6) is 0.550. The van der Waals surface area contributed by atoms with E-state index >= 15 is 0 Å². The number of carbonyl (C=O) groups is 2. The molecule has 0 radical (unpaired) electrons. The van der Waals surface area contributed by atoms with Gasteiger partial charge in [0.05, 0.1) is 11.1 Å². The van der Waals surface area contributed by atoms with Crippen LogP contribution in [0.4, 0.5) is 0 Å². The second-order valence-electron chi connectivity index (χ2n) is 8.67. The highest BCUT2D eigenvalue weighted by molar-refractivity contribution is 9.10. The molecule has 3 rings (SSSR count). The van der Waals surface area contributed by atoms with E-state index in [-0.39, 0.29) is 5.91 Å². The minimum atomic E-state index is -0.603. The van der Waals surface area contributed by atoms with E-state index in [1.807, 2.05) is 30.3 Å². The van der Waals surface area contributed by atoms with Crippen LogP contribution in [0.1, 0.15) is 47.1 Å². The lowest BCUT2D eigenvalue weighted by molar-refractivity contribution is 0.00691. The number of carbonyl (C=O) groups excluding carboxylic acids is 2. The summed E-state index contributed by atoms with van der Waals surface area (Å²) in [5, 5.41) is 0.570. The molecule has 8 heteroatoms. The van der Waals surface area contributed by atoms with Gasteiger partial charge in [-0.05, 0) is 85.2 Å². The van der Waals surface area contributed by atoms with Gasteiger partial charge in [0.15, 0.2) is 0 Å². The van der Waals surface area contributed by atoms with Crippen molar-refractivity contribution in [3.8, 4) is 11.5 Å². The molecule has 0 unspecified atom stereocenters. The first-order valence-electron chi connectivity index (χ1n) is 10.4. The summed E-state index contributed by atoms with van der Waals surface area (Å²) in [6.07, 6.45) is 0. The average Bonchev–Trinajstić information content (AvgIpc) is 2.74. The zero-order valence-corrected chi connectivity index (χ0v) is 23.1. The number of rotatable bonds is 6. The number of benzene rings is 3. The molecule has 0 bridgehead atoms. The third-order valence-electron chi connectivity index (χ3n) is 4.64. The van der Waals surface area contributed by atoms with Crippen LogP contribution >= 0.6 is 43.5 Å². The average molecular weight is 610 g/mol. The minimum Gasteiger partial charge on any atom is -0.457 e. The molecule has 0 aliphatic carbocycles. The maximum absolute atomic E-state index is 13.2. The van der Waals surface area contributed by atoms with Crippen LogP contribution in [-0.2, 0) is 11.3 Å². The fourth-order valence-electron chi connectivity index (χ4n) is 3.10. The van der Waals surface area contributed by atoms with Crippen LogP contribution < -0.4 is 4.74 Å². The lowest BCUT2D eigenvalue weighted by Crippen LogP contribution is -2.27. The Morgan fingerprint density at radius 3 is 2.38 bits per heavy atom. The van der Waals surface area contributed by atoms with E-state index in [2.05, 4.69) is 31.9 Å². The largest absolute Gasteiger partial charge is 0.457 e. The topological polar surface area (TPSA) is 55.8 Å². The molecule has 0 aromatic heterocycles. The van der Waals surface area contributed by atoms with Gasteiger partial charge in [0.2, 0.25) is 0 Å². The zero-order valence-electron chi connectivity index (χ0n) is 19.2. The summed E-state index contributed by atoms with van der Waals surface area (Å²) in [6.45, 7) is 5.72. The first-order valence-corrected chi connectivity index (χ1v) is 12.4. The molecule has 178 valence electrons. The fraction of sp³-hybridized carbons (Fsp3) is 0.231. The predicted molar refractivity (Wildman–Crippen MR) is 141 cm³/mol. The Bertz CT molecular complexity index is 1220. The highest BCUT2D eigenvalue weighted by atomic mass is 79.9. The van der Waals surface area contributed by atoms with E-state index in [9.17, 15) is 9.59 Å². The van der Waals surface area contributed by atoms with E-state index in [0.717, 1.165) is 10.0 Å². The molecule has 5 nitrogen and oxygen atoms in total. The van der Waals surface area contributed by atoms with Gasteiger partial charge in [-0.25, -0.2) is 4.79 Å². The van der Waals surface area contributed by atoms with E-state index in [4.69, 9.17) is 21.1 Å². The Balaban J connectivity index is 1.79. The van der Waals surface area contributed by atoms with Gasteiger partial charge in [0.25, 0.3) is 5.91 Å². The van der Waals surface area contributed by atoms with E-state index in [1.165, 1.54) is 0 Å². The summed E-state index contributed by atoms with van der Waals surface area (Å²) in [6, 6.07) is 17.6. The van der Waals surface area contributed by atoms with Gasteiger partial charge in [0, 0.05) is 33.1 Å². The zero-order chi connectivity index (χ0) is 25.0. The Kier molecular flexibility index (Phi) is 8.44. The molecule has 3 aromatic carbocycles. The quantitative estimate of drug-likeness (QED) is 0.267. The Morgan fingerprint density at radius 1 is 1.00 bits per heavy atom. The van der Waals surface area contributed by atoms with Gasteiger partial charge < -0.3 is 14.4 Å². The van der Waals surface area contributed by atoms with Crippen LogP contribution in [0.25, 0.3) is 0 Å². The Labute approximate surface area is 221 Å². The van der Waals surface area contributed by atoms with Crippen LogP contribution in [-0.4, -0.2) is 29.4 Å². The van der Waals surface area contributed by atoms with Crippen molar-refractivity contribution in [2.24, 2.45) is 0 Å². The molecule has 0 spiro atoms. The normalized spacial score (nSPS) is 11.1. The SMILES string of the molecule is CN(Cc1ccc(Br)cc1Oc1cccc(Cl)c1)C(=O)c1ccc(C(=O)OC(C)(C)C)cc1Br. The second kappa shape index (κ2) is 10.9. The maximum atomic E-state index is 13.2. The van der Waals surface area contributed by atoms with Gasteiger partial charge in [0.1, 0.15) is 17.1 Å². The lowest BCUT2D eigenvalue weighted by atomic mass is 10.1. The molecule has 3 aromatic rings. The number of nitrogens with zero attached hydrogens (tertiary/aromatic N) is 1. The number of hydrogen-bond acceptors (Lipinski definition) is 4. The van der Waals surface area contributed by atoms with Crippen molar-refractivity contribution >= 4 is 55.3 Å². The van der Waals surface area contributed by atoms with Gasteiger partial charge in [-0.15, -0.1) is 0 Å². The van der Waals surface area contributed by atoms with Crippen molar-refractivity contribution in [1.29, 1.82) is 0 Å². The molecule has 0 aliphatic rings. The van der Waals surface area contributed by atoms with Crippen molar-refractivity contribution in [3.05, 3.63) is 91.3 Å². The van der Waals surface area contributed by atoms with Crippen LogP contribution in [0.5, 0.6) is 11.5 Å². The number of esters is 1. The van der Waals surface area contributed by atoms with Gasteiger partial charge >= 0.3 is 5.97 Å². The standard InChI is InChI=1S/C26H24Br2ClNO4/c1-26(2,3)34-25(32)16-9-11-21(22(28)12-16)24(31)30(4)15-17-8-10-18(27)13-23(17)33-20-7-5-6-19(29)14-20/h5-14H,15H2,1-4H3. The summed E-state index contributed by atoms with van der Waals surface area (Å²) < 4.78 is 12.8. The van der Waals surface area contributed by atoms with Gasteiger partial charge in [-0.1, -0.05) is 39.7 Å². The molecule has 0 heterocycles. The van der Waals surface area contributed by atoms with Gasteiger partial charge in [-0.2, -0.15) is 0 Å². The Hall–Kier alpha value is -2.35. The molecule has 0 aliphatic heterocycles. The smallest absolute Gasteiger partial charge is 0.338 e. The van der Waals surface area contributed by atoms with Crippen molar-refractivity contribution in [1.82, 2.24) is 4.90 Å². The highest BCUT2D eigenvalue weighted by Crippen LogP contribution is 2.31. The third-order valence-corrected chi connectivity index (χ3v) is 6.03. The van der Waals surface area contributed by atoms with Crippen molar-refractivity contribution in [2.45, 2.75) is 32.9 Å². The number of halogens is 3. The molecule has 0 fully saturated rings. The monoisotopic (exact) mass is 607 g/mol. The lowest BCUT2D eigenvalue weighted by Gasteiger charge is -2.21. The number of amides is 1. The summed E-state index contributed by atoms with van der Waals surface area (Å²) >= 11 is 13.0. The minimum absolute atomic E-state index is 0.209. The van der Waals surface area contributed by atoms with Crippen molar-refractivity contribution < 1.29 is 19.1 Å². The molecule has 0 atom stereocenters. The molecule has 1 amide bonds. The molecular formula is C26H24Br2ClNO4. The Morgan fingerprint density at radius 2 is 1.74 bits per heavy atom. The third kappa shape index (κ3) is 7.08. The van der Waals surface area contributed by atoms with E-state index in [1.54, 1.807) is 63.1 Å². The highest BCUT2D eigenvalue weighted by Gasteiger charge is 2.21.